The summed E-state index contributed by atoms with van der Waals surface area (Å²) >= 11 is 0. The van der Waals surface area contributed by atoms with Crippen molar-refractivity contribution in [1.29, 1.82) is 0 Å². The van der Waals surface area contributed by atoms with Crippen LogP contribution in [0.25, 0.3) is 5.76 Å². The second kappa shape index (κ2) is 7.68. The lowest BCUT2D eigenvalue weighted by atomic mass is 10.2. The first kappa shape index (κ1) is 18.1. The van der Waals surface area contributed by atoms with Crippen LogP contribution in [0.4, 0.5) is 21.8 Å². The first-order chi connectivity index (χ1) is 13.1. The number of hydrogen-bond acceptors (Lipinski definition) is 9. The highest BCUT2D eigenvalue weighted by molar-refractivity contribution is 5.68. The monoisotopic (exact) mass is 375 g/mol. The molecule has 9 nitrogen and oxygen atoms in total. The standard InChI is InChI=1S/C17H18FN5O4/c1-24-11-7-9(8-12(25-2)15(11)26-3)21-17-22-14(13(18)16(19)23-17)10-5-4-6-20-27-10/h4-8,20H,1-3H3,(H3,19,21,22,23). The fraction of sp³-hybridized carbons (Fsp3) is 0.176. The summed E-state index contributed by atoms with van der Waals surface area (Å²) in [4.78, 5) is 13.2. The normalized spacial score (nSPS) is 12.5. The Labute approximate surface area is 154 Å². The van der Waals surface area contributed by atoms with Gasteiger partial charge in [-0.05, 0) is 12.2 Å². The predicted molar refractivity (Wildman–Crippen MR) is 97.1 cm³/mol. The number of nitrogens with two attached hydrogens (primary N) is 1. The minimum Gasteiger partial charge on any atom is -0.493 e. The van der Waals surface area contributed by atoms with E-state index in [4.69, 9.17) is 24.8 Å². The summed E-state index contributed by atoms with van der Waals surface area (Å²) in [5.41, 5.74) is 8.63. The van der Waals surface area contributed by atoms with Crippen LogP contribution in [0.5, 0.6) is 17.2 Å². The highest BCUT2D eigenvalue weighted by Crippen LogP contribution is 2.40. The zero-order chi connectivity index (χ0) is 19.4. The van der Waals surface area contributed by atoms with E-state index in [-0.39, 0.29) is 23.2 Å². The SMILES string of the molecule is COc1cc(Nc2nc(N)c(F)c(C3=CC=CNO3)n2)cc(OC)c1OC. The maximum absolute atomic E-state index is 14.3. The molecule has 0 radical (unpaired) electrons. The number of halogens is 1. The molecule has 142 valence electrons. The first-order valence-corrected chi connectivity index (χ1v) is 7.77. The molecule has 0 aliphatic carbocycles. The molecule has 3 rings (SSSR count). The minimum atomic E-state index is -0.784. The summed E-state index contributed by atoms with van der Waals surface area (Å²) < 4.78 is 30.2. The molecular formula is C17H18FN5O4. The molecule has 0 atom stereocenters. The number of ether oxygens (including phenoxy) is 3. The van der Waals surface area contributed by atoms with Gasteiger partial charge in [0.25, 0.3) is 0 Å². The average Bonchev–Trinajstić information content (AvgIpc) is 2.70. The van der Waals surface area contributed by atoms with Gasteiger partial charge < -0.3 is 30.1 Å². The highest BCUT2D eigenvalue weighted by Gasteiger charge is 2.20. The number of nitrogens with zero attached hydrogens (tertiary/aromatic N) is 2. The van der Waals surface area contributed by atoms with Gasteiger partial charge in [-0.2, -0.15) is 4.98 Å². The summed E-state index contributed by atoms with van der Waals surface area (Å²) in [5, 5.41) is 2.95. The fourth-order valence-corrected chi connectivity index (χ4v) is 2.40. The van der Waals surface area contributed by atoms with Crippen molar-refractivity contribution >= 4 is 23.2 Å². The smallest absolute Gasteiger partial charge is 0.230 e. The zero-order valence-electron chi connectivity index (χ0n) is 14.9. The van der Waals surface area contributed by atoms with E-state index in [1.54, 1.807) is 30.5 Å². The Balaban J connectivity index is 2.00. The second-order valence-corrected chi connectivity index (χ2v) is 5.24. The molecule has 27 heavy (non-hydrogen) atoms. The third kappa shape index (κ3) is 3.64. The molecule has 10 heteroatoms. The summed E-state index contributed by atoms with van der Waals surface area (Å²) in [5.74, 6) is 0.422. The van der Waals surface area contributed by atoms with Gasteiger partial charge in [0, 0.05) is 24.0 Å². The lowest BCUT2D eigenvalue weighted by Gasteiger charge is -2.16. The van der Waals surface area contributed by atoms with Crippen LogP contribution < -0.4 is 30.7 Å². The Morgan fingerprint density at radius 3 is 2.37 bits per heavy atom. The van der Waals surface area contributed by atoms with Crippen molar-refractivity contribution in [2.45, 2.75) is 0 Å². The molecule has 2 aromatic rings. The number of methoxy groups -OCH3 is 3. The van der Waals surface area contributed by atoms with Gasteiger partial charge in [-0.3, -0.25) is 0 Å². The third-order valence-corrected chi connectivity index (χ3v) is 3.61. The average molecular weight is 375 g/mol. The van der Waals surface area contributed by atoms with Crippen LogP contribution in [-0.4, -0.2) is 31.3 Å². The van der Waals surface area contributed by atoms with Gasteiger partial charge in [0.05, 0.1) is 21.3 Å². The van der Waals surface area contributed by atoms with E-state index < -0.39 is 5.82 Å². The molecule has 0 bridgehead atoms. The quantitative estimate of drug-likeness (QED) is 0.700. The number of benzene rings is 1. The lowest BCUT2D eigenvalue weighted by Crippen LogP contribution is -2.13. The van der Waals surface area contributed by atoms with E-state index in [0.29, 0.717) is 22.9 Å². The number of anilines is 3. The van der Waals surface area contributed by atoms with E-state index >= 15 is 0 Å². The Morgan fingerprint density at radius 1 is 1.11 bits per heavy atom. The van der Waals surface area contributed by atoms with Crippen molar-refractivity contribution in [1.82, 2.24) is 15.4 Å². The second-order valence-electron chi connectivity index (χ2n) is 5.24. The molecular weight excluding hydrogens is 357 g/mol. The van der Waals surface area contributed by atoms with Gasteiger partial charge in [-0.15, -0.1) is 0 Å². The number of hydroxylamine groups is 1. The number of nitrogens with one attached hydrogen (secondary N) is 2. The van der Waals surface area contributed by atoms with Gasteiger partial charge in [0.2, 0.25) is 11.7 Å². The van der Waals surface area contributed by atoms with Crippen molar-refractivity contribution in [3.8, 4) is 17.2 Å². The molecule has 0 spiro atoms. The number of aromatic nitrogens is 2. The van der Waals surface area contributed by atoms with Crippen LogP contribution in [0, 0.1) is 5.82 Å². The molecule has 0 fully saturated rings. The highest BCUT2D eigenvalue weighted by atomic mass is 19.1. The maximum Gasteiger partial charge on any atom is 0.230 e. The van der Waals surface area contributed by atoms with E-state index in [2.05, 4.69) is 20.8 Å². The third-order valence-electron chi connectivity index (χ3n) is 3.61. The van der Waals surface area contributed by atoms with Gasteiger partial charge in [0.15, 0.2) is 34.6 Å². The van der Waals surface area contributed by atoms with Crippen molar-refractivity contribution < 1.29 is 23.4 Å². The molecule has 1 aromatic carbocycles. The summed E-state index contributed by atoms with van der Waals surface area (Å²) in [6.45, 7) is 0. The van der Waals surface area contributed by atoms with Crippen LogP contribution in [0.1, 0.15) is 5.69 Å². The molecule has 0 saturated heterocycles. The summed E-state index contributed by atoms with van der Waals surface area (Å²) in [7, 11) is 4.50. The van der Waals surface area contributed by atoms with Gasteiger partial charge in [-0.1, -0.05) is 0 Å². The van der Waals surface area contributed by atoms with Crippen molar-refractivity contribution in [3.63, 3.8) is 0 Å². The van der Waals surface area contributed by atoms with E-state index in [9.17, 15) is 4.39 Å². The Hall–Kier alpha value is -3.69. The van der Waals surface area contributed by atoms with Gasteiger partial charge in [-0.25, -0.2) is 14.9 Å². The van der Waals surface area contributed by atoms with Crippen LogP contribution in [-0.2, 0) is 4.84 Å². The summed E-state index contributed by atoms with van der Waals surface area (Å²) in [6.07, 6.45) is 4.73. The van der Waals surface area contributed by atoms with E-state index in [1.807, 2.05) is 0 Å². The molecule has 4 N–H and O–H groups in total. The molecule has 2 heterocycles. The zero-order valence-corrected chi connectivity index (χ0v) is 14.9. The van der Waals surface area contributed by atoms with E-state index in [0.717, 1.165) is 0 Å². The lowest BCUT2D eigenvalue weighted by molar-refractivity contribution is 0.196. The molecule has 0 saturated carbocycles. The van der Waals surface area contributed by atoms with Crippen LogP contribution in [0.3, 0.4) is 0 Å². The molecule has 0 unspecified atom stereocenters. The molecule has 1 aliphatic rings. The van der Waals surface area contributed by atoms with Crippen molar-refractivity contribution in [2.24, 2.45) is 0 Å². The van der Waals surface area contributed by atoms with Gasteiger partial charge >= 0.3 is 0 Å². The molecule has 1 aromatic heterocycles. The fourth-order valence-electron chi connectivity index (χ4n) is 2.40. The van der Waals surface area contributed by atoms with Crippen LogP contribution >= 0.6 is 0 Å². The molecule has 0 amide bonds. The molecule has 1 aliphatic heterocycles. The first-order valence-electron chi connectivity index (χ1n) is 7.77. The Bertz CT molecular complexity index is 891. The maximum atomic E-state index is 14.3. The largest absolute Gasteiger partial charge is 0.493 e. The number of nitrogen functional groups attached to an aromatic ring is 1. The van der Waals surface area contributed by atoms with Crippen molar-refractivity contribution in [2.75, 3.05) is 32.4 Å². The van der Waals surface area contributed by atoms with Gasteiger partial charge in [0.1, 0.15) is 0 Å². The van der Waals surface area contributed by atoms with Crippen molar-refractivity contribution in [3.05, 3.63) is 42.0 Å². The topological polar surface area (TPSA) is 113 Å². The summed E-state index contributed by atoms with van der Waals surface area (Å²) in [6, 6.07) is 3.31. The Morgan fingerprint density at radius 2 is 1.81 bits per heavy atom. The minimum absolute atomic E-state index is 0.0669. The number of rotatable bonds is 6. The Kier molecular flexibility index (Phi) is 5.15. The van der Waals surface area contributed by atoms with E-state index in [1.165, 1.54) is 21.3 Å². The predicted octanol–water partition coefficient (Wildman–Crippen LogP) is 2.36. The number of allylic oxidation sites excluding steroid dienone is 2. The number of hydrogen-bond donors (Lipinski definition) is 3. The van der Waals surface area contributed by atoms with Crippen LogP contribution in [0.15, 0.2) is 30.5 Å². The van der Waals surface area contributed by atoms with Crippen LogP contribution in [0.2, 0.25) is 0 Å².